The molecule has 0 bridgehead atoms. The van der Waals surface area contributed by atoms with Gasteiger partial charge in [0.25, 0.3) is 0 Å². The largest absolute Gasteiger partial charge is 0.473 e. The number of ether oxygens (including phenoxy) is 1. The first-order valence-electron chi connectivity index (χ1n) is 9.42. The average Bonchev–Trinajstić information content (AvgIpc) is 3.57. The Labute approximate surface area is 153 Å². The van der Waals surface area contributed by atoms with Crippen LogP contribution in [0.5, 0.6) is 5.88 Å². The van der Waals surface area contributed by atoms with Gasteiger partial charge in [-0.2, -0.15) is 0 Å². The summed E-state index contributed by atoms with van der Waals surface area (Å²) in [4.78, 5) is 32.2. The van der Waals surface area contributed by atoms with E-state index < -0.39 is 10.8 Å². The first-order valence-corrected chi connectivity index (χ1v) is 9.42. The van der Waals surface area contributed by atoms with Crippen molar-refractivity contribution in [3.8, 4) is 5.88 Å². The van der Waals surface area contributed by atoms with Gasteiger partial charge in [0.15, 0.2) is 0 Å². The number of hydrogen-bond acceptors (Lipinski definition) is 4. The number of nitrogens with one attached hydrogen (secondary N) is 1. The first-order chi connectivity index (χ1) is 12.6. The molecule has 0 atom stereocenters. The Morgan fingerprint density at radius 1 is 1.19 bits per heavy atom. The Hall–Kier alpha value is -2.37. The summed E-state index contributed by atoms with van der Waals surface area (Å²) in [7, 11) is 0. The van der Waals surface area contributed by atoms with Crippen LogP contribution in [0, 0.1) is 10.8 Å². The van der Waals surface area contributed by atoms with Gasteiger partial charge in [-0.3, -0.25) is 9.59 Å². The fourth-order valence-electron chi connectivity index (χ4n) is 4.23. The van der Waals surface area contributed by atoms with Crippen LogP contribution in [0.25, 0.3) is 0 Å². The molecule has 1 N–H and O–H groups in total. The Balaban J connectivity index is 1.44. The van der Waals surface area contributed by atoms with Crippen molar-refractivity contribution >= 4 is 17.5 Å². The summed E-state index contributed by atoms with van der Waals surface area (Å²) < 4.78 is 5.36. The number of anilines is 1. The smallest absolute Gasteiger partial charge is 0.231 e. The SMILES string of the molecule is C=CCOc1ccc(NC(=O)C2(C3(C(=O)N4CCCC4)CC3)CC2)cn1. The molecule has 1 aromatic heterocycles. The molecule has 3 fully saturated rings. The molecule has 138 valence electrons. The summed E-state index contributed by atoms with van der Waals surface area (Å²) in [5, 5.41) is 2.97. The quantitative estimate of drug-likeness (QED) is 0.764. The molecule has 3 aliphatic rings. The van der Waals surface area contributed by atoms with E-state index >= 15 is 0 Å². The molecule has 6 nitrogen and oxygen atoms in total. The second-order valence-corrected chi connectivity index (χ2v) is 7.60. The Kier molecular flexibility index (Phi) is 4.21. The third-order valence-electron chi connectivity index (χ3n) is 6.00. The molecule has 1 saturated heterocycles. The normalized spacial score (nSPS) is 21.8. The summed E-state index contributed by atoms with van der Waals surface area (Å²) in [6.07, 6.45) is 8.66. The number of amides is 2. The molecule has 0 unspecified atom stereocenters. The van der Waals surface area contributed by atoms with Crippen LogP contribution in [-0.2, 0) is 9.59 Å². The van der Waals surface area contributed by atoms with Crippen LogP contribution in [0.2, 0.25) is 0 Å². The van der Waals surface area contributed by atoms with E-state index in [0.29, 0.717) is 18.2 Å². The highest BCUT2D eigenvalue weighted by molar-refractivity contribution is 6.03. The van der Waals surface area contributed by atoms with Gasteiger partial charge < -0.3 is 15.0 Å². The minimum atomic E-state index is -0.523. The molecule has 2 heterocycles. The van der Waals surface area contributed by atoms with Crippen LogP contribution >= 0.6 is 0 Å². The van der Waals surface area contributed by atoms with Crippen molar-refractivity contribution in [2.75, 3.05) is 25.0 Å². The van der Waals surface area contributed by atoms with Gasteiger partial charge in [0.2, 0.25) is 17.7 Å². The predicted molar refractivity (Wildman–Crippen MR) is 97.7 cm³/mol. The number of carbonyl (C=O) groups excluding carboxylic acids is 2. The summed E-state index contributed by atoms with van der Waals surface area (Å²) in [6, 6.07) is 3.50. The second-order valence-electron chi connectivity index (χ2n) is 7.60. The van der Waals surface area contributed by atoms with Crippen molar-refractivity contribution in [3.63, 3.8) is 0 Å². The van der Waals surface area contributed by atoms with Crippen LogP contribution in [0.15, 0.2) is 31.0 Å². The maximum Gasteiger partial charge on any atom is 0.231 e. The predicted octanol–water partition coefficient (Wildman–Crippen LogP) is 2.77. The number of pyridine rings is 1. The third kappa shape index (κ3) is 2.77. The molecule has 1 aliphatic heterocycles. The number of hydrogen-bond donors (Lipinski definition) is 1. The molecule has 6 heteroatoms. The summed E-state index contributed by atoms with van der Waals surface area (Å²) in [6.45, 7) is 5.67. The molecule has 2 amide bonds. The zero-order valence-electron chi connectivity index (χ0n) is 15.0. The van der Waals surface area contributed by atoms with E-state index in [1.165, 1.54) is 0 Å². The fraction of sp³-hybridized carbons (Fsp3) is 0.550. The molecule has 2 aliphatic carbocycles. The van der Waals surface area contributed by atoms with Gasteiger partial charge in [0, 0.05) is 19.2 Å². The van der Waals surface area contributed by atoms with Gasteiger partial charge in [0.05, 0.1) is 22.7 Å². The average molecular weight is 355 g/mol. The molecule has 1 aromatic rings. The van der Waals surface area contributed by atoms with Crippen LogP contribution in [0.1, 0.15) is 38.5 Å². The van der Waals surface area contributed by atoms with E-state index in [0.717, 1.165) is 51.6 Å². The lowest BCUT2D eigenvalue weighted by Crippen LogP contribution is -2.44. The topological polar surface area (TPSA) is 71.5 Å². The Morgan fingerprint density at radius 3 is 2.42 bits per heavy atom. The Morgan fingerprint density at radius 2 is 1.88 bits per heavy atom. The molecule has 0 radical (unpaired) electrons. The van der Waals surface area contributed by atoms with Gasteiger partial charge in [-0.05, 0) is 44.6 Å². The minimum absolute atomic E-state index is 0.0379. The Bertz CT molecular complexity index is 714. The van der Waals surface area contributed by atoms with Gasteiger partial charge in [-0.1, -0.05) is 12.7 Å². The van der Waals surface area contributed by atoms with Crippen molar-refractivity contribution in [2.24, 2.45) is 10.8 Å². The zero-order chi connectivity index (χ0) is 18.2. The van der Waals surface area contributed by atoms with Crippen LogP contribution < -0.4 is 10.1 Å². The van der Waals surface area contributed by atoms with Gasteiger partial charge in [0.1, 0.15) is 6.61 Å². The molecular formula is C20H25N3O3. The molecule has 4 rings (SSSR count). The third-order valence-corrected chi connectivity index (χ3v) is 6.00. The lowest BCUT2D eigenvalue weighted by atomic mass is 9.83. The fourth-order valence-corrected chi connectivity index (χ4v) is 4.23. The van der Waals surface area contributed by atoms with Crippen molar-refractivity contribution in [3.05, 3.63) is 31.0 Å². The molecular weight excluding hydrogens is 330 g/mol. The van der Waals surface area contributed by atoms with E-state index in [4.69, 9.17) is 4.74 Å². The number of rotatable bonds is 7. The van der Waals surface area contributed by atoms with E-state index in [-0.39, 0.29) is 11.8 Å². The highest BCUT2D eigenvalue weighted by Crippen LogP contribution is 2.71. The summed E-state index contributed by atoms with van der Waals surface area (Å²) in [5.74, 6) is 0.657. The van der Waals surface area contributed by atoms with E-state index in [2.05, 4.69) is 16.9 Å². The highest BCUT2D eigenvalue weighted by Gasteiger charge is 2.73. The zero-order valence-corrected chi connectivity index (χ0v) is 15.0. The van der Waals surface area contributed by atoms with Crippen molar-refractivity contribution in [2.45, 2.75) is 38.5 Å². The van der Waals surface area contributed by atoms with Gasteiger partial charge in [-0.15, -0.1) is 0 Å². The van der Waals surface area contributed by atoms with E-state index in [9.17, 15) is 9.59 Å². The number of carbonyl (C=O) groups is 2. The van der Waals surface area contributed by atoms with E-state index in [1.807, 2.05) is 4.90 Å². The number of likely N-dealkylation sites (tertiary alicyclic amines) is 1. The molecule has 2 saturated carbocycles. The second kappa shape index (κ2) is 6.41. The maximum absolute atomic E-state index is 13.0. The standard InChI is InChI=1S/C20H25N3O3/c1-2-13-26-16-6-5-15(14-21-16)22-17(24)19(7-8-19)20(9-10-20)18(25)23-11-3-4-12-23/h2,5-6,14H,1,3-4,7-13H2,(H,22,24). The minimum Gasteiger partial charge on any atom is -0.473 e. The van der Waals surface area contributed by atoms with Crippen molar-refractivity contribution < 1.29 is 14.3 Å². The lowest BCUT2D eigenvalue weighted by molar-refractivity contribution is -0.143. The molecule has 0 spiro atoms. The van der Waals surface area contributed by atoms with Gasteiger partial charge >= 0.3 is 0 Å². The highest BCUT2D eigenvalue weighted by atomic mass is 16.5. The van der Waals surface area contributed by atoms with Crippen LogP contribution in [-0.4, -0.2) is 41.4 Å². The number of aromatic nitrogens is 1. The van der Waals surface area contributed by atoms with Crippen molar-refractivity contribution in [1.29, 1.82) is 0 Å². The van der Waals surface area contributed by atoms with Crippen LogP contribution in [0.4, 0.5) is 5.69 Å². The first kappa shape index (κ1) is 17.1. The molecule has 0 aromatic carbocycles. The molecule has 26 heavy (non-hydrogen) atoms. The van der Waals surface area contributed by atoms with Crippen LogP contribution in [0.3, 0.4) is 0 Å². The van der Waals surface area contributed by atoms with E-state index in [1.54, 1.807) is 24.4 Å². The maximum atomic E-state index is 13.0. The summed E-state index contributed by atoms with van der Waals surface area (Å²) >= 11 is 0. The summed E-state index contributed by atoms with van der Waals surface area (Å²) in [5.41, 5.74) is -0.344. The van der Waals surface area contributed by atoms with Crippen molar-refractivity contribution in [1.82, 2.24) is 9.88 Å². The van der Waals surface area contributed by atoms with Gasteiger partial charge in [-0.25, -0.2) is 4.98 Å². The number of nitrogens with zero attached hydrogens (tertiary/aromatic N) is 2. The lowest BCUT2D eigenvalue weighted by Gasteiger charge is -2.29. The monoisotopic (exact) mass is 355 g/mol.